The molecule has 0 aliphatic rings. The van der Waals surface area contributed by atoms with E-state index in [1.165, 1.54) is 0 Å². The summed E-state index contributed by atoms with van der Waals surface area (Å²) < 4.78 is 5.67. The number of nitrogens with zero attached hydrogens (tertiary/aromatic N) is 2. The third kappa shape index (κ3) is 7.23. The third-order valence-corrected chi connectivity index (χ3v) is 4.82. The molecule has 0 atom stereocenters. The lowest BCUT2D eigenvalue weighted by Gasteiger charge is -2.09. The number of pyridine rings is 1. The quantitative estimate of drug-likeness (QED) is 0.237. The molecule has 0 bridgehead atoms. The summed E-state index contributed by atoms with van der Waals surface area (Å²) in [5, 5.41) is 13.3. The highest BCUT2D eigenvalue weighted by atomic mass is 16.6. The van der Waals surface area contributed by atoms with Crippen molar-refractivity contribution in [3.63, 3.8) is 0 Å². The lowest BCUT2D eigenvalue weighted by atomic mass is 10.0. The average molecular weight is 433 g/mol. The molecule has 0 aliphatic heterocycles. The van der Waals surface area contributed by atoms with Crippen LogP contribution in [0.3, 0.4) is 0 Å². The number of hydrogen-bond donors (Lipinski definition) is 1. The second-order valence-corrected chi connectivity index (χ2v) is 7.33. The first-order valence-corrected chi connectivity index (χ1v) is 10.8. The van der Waals surface area contributed by atoms with E-state index in [0.29, 0.717) is 24.5 Å². The molecular formula is C26H28N2O4. The Bertz CT molecular complexity index is 1020. The van der Waals surface area contributed by atoms with Gasteiger partial charge < -0.3 is 14.7 Å². The average Bonchev–Trinajstić information content (AvgIpc) is 2.81. The fraction of sp³-hybridized carbons (Fsp3) is 0.269. The molecule has 3 aromatic rings. The maximum absolute atomic E-state index is 10.8. The predicted molar refractivity (Wildman–Crippen MR) is 125 cm³/mol. The molecule has 0 fully saturated rings. The normalized spacial score (nSPS) is 11.2. The number of benzene rings is 2. The molecule has 6 heteroatoms. The van der Waals surface area contributed by atoms with Gasteiger partial charge >= 0.3 is 5.97 Å². The summed E-state index contributed by atoms with van der Waals surface area (Å²) >= 11 is 0. The highest BCUT2D eigenvalue weighted by Crippen LogP contribution is 2.19. The van der Waals surface area contributed by atoms with Crippen LogP contribution in [0.1, 0.15) is 37.3 Å². The lowest BCUT2D eigenvalue weighted by Crippen LogP contribution is -2.08. The second kappa shape index (κ2) is 12.2. The smallest absolute Gasteiger partial charge is 0.307 e. The molecule has 0 unspecified atom stereocenters. The first kappa shape index (κ1) is 23.0. The number of carbonyl (C=O) groups is 1. The van der Waals surface area contributed by atoms with Crippen molar-refractivity contribution in [1.29, 1.82) is 0 Å². The van der Waals surface area contributed by atoms with Gasteiger partial charge in [0.2, 0.25) is 0 Å². The van der Waals surface area contributed by atoms with Crippen LogP contribution in [-0.2, 0) is 16.1 Å². The fourth-order valence-corrected chi connectivity index (χ4v) is 3.19. The summed E-state index contributed by atoms with van der Waals surface area (Å²) in [6.45, 7) is 2.76. The molecule has 0 amide bonds. The monoisotopic (exact) mass is 432 g/mol. The van der Waals surface area contributed by atoms with E-state index in [4.69, 9.17) is 14.7 Å². The second-order valence-electron chi connectivity index (χ2n) is 7.33. The highest BCUT2D eigenvalue weighted by Gasteiger charge is 2.07. The van der Waals surface area contributed by atoms with Crippen molar-refractivity contribution in [3.05, 3.63) is 84.1 Å². The van der Waals surface area contributed by atoms with Crippen LogP contribution in [-0.4, -0.2) is 35.0 Å². The number of aromatic nitrogens is 1. The zero-order chi connectivity index (χ0) is 22.6. The van der Waals surface area contributed by atoms with E-state index in [0.717, 1.165) is 41.8 Å². The molecule has 0 aliphatic carbocycles. The van der Waals surface area contributed by atoms with Crippen molar-refractivity contribution in [3.8, 4) is 17.0 Å². The SMILES string of the molecule is CCCC/C(=N\OCCOc1cccc(CC(=O)O)c1)c1ccc(-c2ccccn2)cc1. The number of unbranched alkanes of at least 4 members (excludes halogenated alkanes) is 1. The van der Waals surface area contributed by atoms with Gasteiger partial charge in [-0.05, 0) is 48.2 Å². The van der Waals surface area contributed by atoms with Gasteiger partial charge in [0.05, 0.1) is 17.8 Å². The van der Waals surface area contributed by atoms with Crippen LogP contribution in [0, 0.1) is 0 Å². The Morgan fingerprint density at radius 2 is 1.88 bits per heavy atom. The van der Waals surface area contributed by atoms with Crippen molar-refractivity contribution in [1.82, 2.24) is 4.98 Å². The molecule has 0 saturated heterocycles. The maximum atomic E-state index is 10.8. The van der Waals surface area contributed by atoms with Gasteiger partial charge in [-0.25, -0.2) is 0 Å². The number of carboxylic acid groups (broad SMARTS) is 1. The predicted octanol–water partition coefficient (Wildman–Crippen LogP) is 5.37. The van der Waals surface area contributed by atoms with Crippen molar-refractivity contribution in [2.45, 2.75) is 32.6 Å². The molecule has 6 nitrogen and oxygen atoms in total. The minimum atomic E-state index is -0.868. The van der Waals surface area contributed by atoms with E-state index >= 15 is 0 Å². The van der Waals surface area contributed by atoms with E-state index < -0.39 is 5.97 Å². The summed E-state index contributed by atoms with van der Waals surface area (Å²) in [5.41, 5.74) is 4.63. The van der Waals surface area contributed by atoms with Gasteiger partial charge in [0, 0.05) is 11.8 Å². The van der Waals surface area contributed by atoms with Gasteiger partial charge in [0.1, 0.15) is 12.4 Å². The standard InChI is InChI=1S/C26H28N2O4/c1-2-3-9-25(22-13-11-21(12-14-22)24-10-4-5-15-27-24)28-32-17-16-31-23-8-6-7-20(18-23)19-26(29)30/h4-8,10-15,18H,2-3,9,16-17,19H2,1H3,(H,29,30)/b28-25+. The van der Waals surface area contributed by atoms with Crippen molar-refractivity contribution >= 4 is 11.7 Å². The molecule has 166 valence electrons. The number of ether oxygens (including phenoxy) is 1. The van der Waals surface area contributed by atoms with Gasteiger partial charge in [-0.15, -0.1) is 0 Å². The summed E-state index contributed by atoms with van der Waals surface area (Å²) in [6, 6.07) is 21.1. The first-order valence-electron chi connectivity index (χ1n) is 10.8. The summed E-state index contributed by atoms with van der Waals surface area (Å²) in [6.07, 6.45) is 4.68. The van der Waals surface area contributed by atoms with Crippen LogP contribution in [0.2, 0.25) is 0 Å². The van der Waals surface area contributed by atoms with Crippen LogP contribution in [0.25, 0.3) is 11.3 Å². The maximum Gasteiger partial charge on any atom is 0.307 e. The van der Waals surface area contributed by atoms with Crippen LogP contribution < -0.4 is 4.74 Å². The van der Waals surface area contributed by atoms with E-state index in [1.54, 1.807) is 30.5 Å². The largest absolute Gasteiger partial charge is 0.490 e. The van der Waals surface area contributed by atoms with E-state index in [-0.39, 0.29) is 6.42 Å². The minimum absolute atomic E-state index is 0.0299. The Morgan fingerprint density at radius 3 is 2.59 bits per heavy atom. The molecular weight excluding hydrogens is 404 g/mol. The number of rotatable bonds is 12. The van der Waals surface area contributed by atoms with Gasteiger partial charge in [-0.1, -0.05) is 61.0 Å². The molecule has 3 rings (SSSR count). The van der Waals surface area contributed by atoms with Crippen LogP contribution in [0.4, 0.5) is 0 Å². The van der Waals surface area contributed by atoms with Crippen LogP contribution in [0.15, 0.2) is 78.1 Å². The zero-order valence-electron chi connectivity index (χ0n) is 18.2. The van der Waals surface area contributed by atoms with Crippen LogP contribution >= 0.6 is 0 Å². The Kier molecular flexibility index (Phi) is 8.80. The highest BCUT2D eigenvalue weighted by molar-refractivity contribution is 6.00. The zero-order valence-corrected chi connectivity index (χ0v) is 18.2. The summed E-state index contributed by atoms with van der Waals surface area (Å²) in [5.74, 6) is -0.250. The van der Waals surface area contributed by atoms with Crippen molar-refractivity contribution < 1.29 is 19.5 Å². The Morgan fingerprint density at radius 1 is 1.03 bits per heavy atom. The molecule has 1 aromatic heterocycles. The first-order chi connectivity index (χ1) is 15.7. The molecule has 1 N–H and O–H groups in total. The molecule has 0 radical (unpaired) electrons. The van der Waals surface area contributed by atoms with Crippen LogP contribution in [0.5, 0.6) is 5.75 Å². The third-order valence-electron chi connectivity index (χ3n) is 4.82. The van der Waals surface area contributed by atoms with E-state index in [1.807, 2.05) is 42.5 Å². The topological polar surface area (TPSA) is 81.0 Å². The Hall–Kier alpha value is -3.67. The van der Waals surface area contributed by atoms with E-state index in [2.05, 4.69) is 17.1 Å². The van der Waals surface area contributed by atoms with Gasteiger partial charge in [0.25, 0.3) is 0 Å². The molecule has 0 saturated carbocycles. The fourth-order valence-electron chi connectivity index (χ4n) is 3.19. The van der Waals surface area contributed by atoms with Crippen molar-refractivity contribution in [2.24, 2.45) is 5.16 Å². The number of hydrogen-bond acceptors (Lipinski definition) is 5. The van der Waals surface area contributed by atoms with E-state index in [9.17, 15) is 4.79 Å². The number of aliphatic carboxylic acids is 1. The number of carboxylic acids is 1. The van der Waals surface area contributed by atoms with Gasteiger partial charge in [0.15, 0.2) is 6.61 Å². The molecule has 0 spiro atoms. The Labute approximate surface area is 188 Å². The van der Waals surface area contributed by atoms with Gasteiger partial charge in [-0.2, -0.15) is 0 Å². The van der Waals surface area contributed by atoms with Gasteiger partial charge in [-0.3, -0.25) is 9.78 Å². The number of oxime groups is 1. The van der Waals surface area contributed by atoms with Crippen molar-refractivity contribution in [2.75, 3.05) is 13.2 Å². The Balaban J connectivity index is 1.56. The summed E-state index contributed by atoms with van der Waals surface area (Å²) in [4.78, 5) is 20.8. The minimum Gasteiger partial charge on any atom is -0.490 e. The molecule has 1 heterocycles. The lowest BCUT2D eigenvalue weighted by molar-refractivity contribution is -0.136. The summed E-state index contributed by atoms with van der Waals surface area (Å²) in [7, 11) is 0. The molecule has 32 heavy (non-hydrogen) atoms. The molecule has 2 aromatic carbocycles.